The van der Waals surface area contributed by atoms with E-state index in [9.17, 15) is 0 Å². The van der Waals surface area contributed by atoms with Crippen LogP contribution in [0.25, 0.3) is 0 Å². The highest BCUT2D eigenvalue weighted by molar-refractivity contribution is 7.99. The molecule has 2 aromatic carbocycles. The van der Waals surface area contributed by atoms with Gasteiger partial charge in [0.05, 0.1) is 10.0 Å². The number of hydrogen-bond acceptors (Lipinski definition) is 2. The van der Waals surface area contributed by atoms with Crippen LogP contribution in [0.5, 0.6) is 0 Å². The van der Waals surface area contributed by atoms with Crippen molar-refractivity contribution in [2.75, 3.05) is 12.8 Å². The molecule has 0 bridgehead atoms. The van der Waals surface area contributed by atoms with Gasteiger partial charge in [0.2, 0.25) is 0 Å². The molecule has 0 saturated carbocycles. The molecule has 4 heteroatoms. The summed E-state index contributed by atoms with van der Waals surface area (Å²) < 4.78 is 0. The molecule has 2 atom stereocenters. The molecule has 1 aliphatic heterocycles. The van der Waals surface area contributed by atoms with Crippen molar-refractivity contribution in [1.29, 1.82) is 0 Å². The average Bonchev–Trinajstić information content (AvgIpc) is 2.93. The lowest BCUT2D eigenvalue weighted by atomic mass is 9.89. The second kappa shape index (κ2) is 6.62. The first kappa shape index (κ1) is 15.2. The number of fused-ring (bicyclic) bond motifs is 1. The van der Waals surface area contributed by atoms with Crippen molar-refractivity contribution in [3.8, 4) is 0 Å². The average molecular weight is 338 g/mol. The number of halogens is 2. The fraction of sp³-hybridized carbons (Fsp3) is 0.294. The zero-order valence-electron chi connectivity index (χ0n) is 11.8. The predicted molar refractivity (Wildman–Crippen MR) is 92.9 cm³/mol. The third-order valence-electron chi connectivity index (χ3n) is 4.06. The maximum atomic E-state index is 6.34. The minimum Gasteiger partial charge on any atom is -0.316 e. The second-order valence-corrected chi connectivity index (χ2v) is 7.11. The van der Waals surface area contributed by atoms with E-state index < -0.39 is 0 Å². The Balaban J connectivity index is 1.85. The van der Waals surface area contributed by atoms with Crippen LogP contribution in [0.3, 0.4) is 0 Å². The van der Waals surface area contributed by atoms with Crippen molar-refractivity contribution in [3.05, 3.63) is 63.6 Å². The van der Waals surface area contributed by atoms with Gasteiger partial charge in [-0.1, -0.05) is 53.5 Å². The Bertz CT molecular complexity index is 644. The molecule has 2 unspecified atom stereocenters. The van der Waals surface area contributed by atoms with Gasteiger partial charge in [-0.15, -0.1) is 11.8 Å². The second-order valence-electron chi connectivity index (χ2n) is 5.27. The van der Waals surface area contributed by atoms with Gasteiger partial charge in [0.25, 0.3) is 0 Å². The predicted octanol–water partition coefficient (Wildman–Crippen LogP) is 5.01. The molecule has 110 valence electrons. The lowest BCUT2D eigenvalue weighted by Gasteiger charge is -2.24. The van der Waals surface area contributed by atoms with Crippen molar-refractivity contribution in [1.82, 2.24) is 5.32 Å². The van der Waals surface area contributed by atoms with E-state index in [1.807, 2.05) is 30.9 Å². The first-order chi connectivity index (χ1) is 10.2. The summed E-state index contributed by atoms with van der Waals surface area (Å²) in [6.07, 6.45) is 0.884. The van der Waals surface area contributed by atoms with E-state index in [0.29, 0.717) is 22.0 Å². The molecule has 2 aromatic rings. The van der Waals surface area contributed by atoms with Gasteiger partial charge in [-0.2, -0.15) is 0 Å². The zero-order chi connectivity index (χ0) is 14.8. The van der Waals surface area contributed by atoms with Gasteiger partial charge in [0.1, 0.15) is 0 Å². The molecule has 0 aliphatic carbocycles. The van der Waals surface area contributed by atoms with Crippen molar-refractivity contribution >= 4 is 35.0 Å². The van der Waals surface area contributed by atoms with E-state index in [0.717, 1.165) is 17.7 Å². The van der Waals surface area contributed by atoms with Crippen LogP contribution in [0.2, 0.25) is 10.0 Å². The third-order valence-corrected chi connectivity index (χ3v) is 6.13. The van der Waals surface area contributed by atoms with Crippen LogP contribution in [0.4, 0.5) is 0 Å². The largest absolute Gasteiger partial charge is 0.316 e. The summed E-state index contributed by atoms with van der Waals surface area (Å²) in [6.45, 7) is 0. The summed E-state index contributed by atoms with van der Waals surface area (Å²) in [4.78, 5) is 1.40. The van der Waals surface area contributed by atoms with Gasteiger partial charge in [-0.25, -0.2) is 0 Å². The van der Waals surface area contributed by atoms with E-state index >= 15 is 0 Å². The van der Waals surface area contributed by atoms with Crippen LogP contribution in [0, 0.1) is 0 Å². The van der Waals surface area contributed by atoms with Crippen LogP contribution < -0.4 is 5.32 Å². The van der Waals surface area contributed by atoms with E-state index in [1.54, 1.807) is 0 Å². The van der Waals surface area contributed by atoms with Crippen molar-refractivity contribution < 1.29 is 0 Å². The van der Waals surface area contributed by atoms with Gasteiger partial charge in [0, 0.05) is 22.6 Å². The number of likely N-dealkylation sites (N-methyl/N-ethyl adjacent to an activating group) is 1. The normalized spacial score (nSPS) is 18.5. The SMILES string of the molecule is CNC(Cc1cccc(Cl)c1Cl)C1CSc2ccccc21. The summed E-state index contributed by atoms with van der Waals surface area (Å²) in [6, 6.07) is 14.9. The van der Waals surface area contributed by atoms with E-state index in [4.69, 9.17) is 23.2 Å². The molecule has 0 radical (unpaired) electrons. The first-order valence-corrected chi connectivity index (χ1v) is 8.76. The standard InChI is InChI=1S/C17H17Cl2NS/c1-20-15(9-11-5-4-7-14(18)17(11)19)13-10-21-16-8-3-2-6-12(13)16/h2-8,13,15,20H,9-10H2,1H3. The number of benzene rings is 2. The summed E-state index contributed by atoms with van der Waals surface area (Å²) in [5.41, 5.74) is 2.55. The molecule has 1 aliphatic rings. The molecule has 0 saturated heterocycles. The number of rotatable bonds is 4. The highest BCUT2D eigenvalue weighted by Crippen LogP contribution is 2.42. The van der Waals surface area contributed by atoms with Crippen molar-refractivity contribution in [3.63, 3.8) is 0 Å². The summed E-state index contributed by atoms with van der Waals surface area (Å²) in [7, 11) is 2.02. The molecule has 3 rings (SSSR count). The van der Waals surface area contributed by atoms with Crippen LogP contribution in [0.15, 0.2) is 47.4 Å². The van der Waals surface area contributed by atoms with Gasteiger partial charge < -0.3 is 5.32 Å². The van der Waals surface area contributed by atoms with Crippen LogP contribution >= 0.6 is 35.0 Å². The highest BCUT2D eigenvalue weighted by Gasteiger charge is 2.29. The molecule has 0 fully saturated rings. The van der Waals surface area contributed by atoms with Crippen molar-refractivity contribution in [2.24, 2.45) is 0 Å². The maximum Gasteiger partial charge on any atom is 0.0624 e. The summed E-state index contributed by atoms with van der Waals surface area (Å²) in [5.74, 6) is 1.62. The minimum atomic E-state index is 0.358. The highest BCUT2D eigenvalue weighted by atomic mass is 35.5. The molecule has 1 nitrogen and oxygen atoms in total. The molecule has 0 amide bonds. The lowest BCUT2D eigenvalue weighted by Crippen LogP contribution is -2.34. The van der Waals surface area contributed by atoms with E-state index in [-0.39, 0.29) is 0 Å². The Labute approximate surface area is 140 Å². The number of hydrogen-bond donors (Lipinski definition) is 1. The topological polar surface area (TPSA) is 12.0 Å². The third kappa shape index (κ3) is 3.09. The zero-order valence-corrected chi connectivity index (χ0v) is 14.1. The quantitative estimate of drug-likeness (QED) is 0.841. The number of thioether (sulfide) groups is 1. The van der Waals surface area contributed by atoms with Crippen LogP contribution in [-0.4, -0.2) is 18.8 Å². The van der Waals surface area contributed by atoms with Crippen LogP contribution in [0.1, 0.15) is 17.0 Å². The Morgan fingerprint density at radius 3 is 2.81 bits per heavy atom. The van der Waals surface area contributed by atoms with Crippen molar-refractivity contribution in [2.45, 2.75) is 23.3 Å². The van der Waals surface area contributed by atoms with Gasteiger partial charge in [-0.3, -0.25) is 0 Å². The molecule has 0 aromatic heterocycles. The van der Waals surface area contributed by atoms with Gasteiger partial charge >= 0.3 is 0 Å². The monoisotopic (exact) mass is 337 g/mol. The lowest BCUT2D eigenvalue weighted by molar-refractivity contribution is 0.489. The Morgan fingerprint density at radius 2 is 2.00 bits per heavy atom. The smallest absolute Gasteiger partial charge is 0.0624 e. The Hall–Kier alpha value is -0.670. The minimum absolute atomic E-state index is 0.358. The summed E-state index contributed by atoms with van der Waals surface area (Å²) in [5, 5.41) is 4.77. The molecule has 1 N–H and O–H groups in total. The van der Waals surface area contributed by atoms with E-state index in [1.165, 1.54) is 10.5 Å². The van der Waals surface area contributed by atoms with Crippen LogP contribution in [-0.2, 0) is 6.42 Å². The van der Waals surface area contributed by atoms with Gasteiger partial charge in [-0.05, 0) is 36.7 Å². The summed E-state index contributed by atoms with van der Waals surface area (Å²) >= 11 is 14.4. The molecule has 0 spiro atoms. The fourth-order valence-corrected chi connectivity index (χ4v) is 4.64. The molecule has 1 heterocycles. The first-order valence-electron chi connectivity index (χ1n) is 7.02. The molecule has 21 heavy (non-hydrogen) atoms. The fourth-order valence-electron chi connectivity index (χ4n) is 2.91. The van der Waals surface area contributed by atoms with Gasteiger partial charge in [0.15, 0.2) is 0 Å². The Kier molecular flexibility index (Phi) is 4.80. The Morgan fingerprint density at radius 1 is 1.19 bits per heavy atom. The van der Waals surface area contributed by atoms with E-state index in [2.05, 4.69) is 35.6 Å². The molecular formula is C17H17Cl2NS. The number of nitrogens with one attached hydrogen (secondary N) is 1. The molecular weight excluding hydrogens is 321 g/mol. The maximum absolute atomic E-state index is 6.34.